The molecule has 2 aliphatic heterocycles. The van der Waals surface area contributed by atoms with Crippen LogP contribution in [0.1, 0.15) is 35.1 Å². The molecule has 0 bridgehead atoms. The molecule has 4 amide bonds. The Morgan fingerprint density at radius 1 is 1.03 bits per heavy atom. The maximum Gasteiger partial charge on any atom is 0.325 e. The van der Waals surface area contributed by atoms with Crippen molar-refractivity contribution in [3.8, 4) is 11.5 Å². The van der Waals surface area contributed by atoms with Gasteiger partial charge in [0, 0.05) is 13.1 Å². The van der Waals surface area contributed by atoms with Crippen molar-refractivity contribution < 1.29 is 23.9 Å². The Hall–Kier alpha value is -3.55. The Kier molecular flexibility index (Phi) is 5.23. The molecule has 2 heterocycles. The highest BCUT2D eigenvalue weighted by Gasteiger charge is 2.54. The number of nitrogens with zero attached hydrogens (tertiary/aromatic N) is 2. The first-order valence-corrected chi connectivity index (χ1v) is 11.2. The van der Waals surface area contributed by atoms with E-state index in [2.05, 4.69) is 5.32 Å². The molecule has 0 saturated carbocycles. The minimum atomic E-state index is -1.06. The van der Waals surface area contributed by atoms with Gasteiger partial charge in [0.15, 0.2) is 11.5 Å². The second-order valence-corrected chi connectivity index (χ2v) is 8.78. The number of aryl methyl sites for hydroxylation is 1. The van der Waals surface area contributed by atoms with E-state index in [-0.39, 0.29) is 18.4 Å². The van der Waals surface area contributed by atoms with Gasteiger partial charge in [-0.25, -0.2) is 4.79 Å². The molecule has 3 aliphatic rings. The average Bonchev–Trinajstić information content (AvgIpc) is 3.07. The molecule has 1 aliphatic carbocycles. The third-order valence-corrected chi connectivity index (χ3v) is 7.01. The number of hydrogen-bond acceptors (Lipinski definition) is 5. The highest BCUT2D eigenvalue weighted by molar-refractivity contribution is 6.09. The number of amides is 4. The molecule has 1 fully saturated rings. The Morgan fingerprint density at radius 3 is 2.52 bits per heavy atom. The van der Waals surface area contributed by atoms with E-state index < -0.39 is 11.6 Å². The molecule has 0 aromatic heterocycles. The molecule has 0 unspecified atom stereocenters. The van der Waals surface area contributed by atoms with Gasteiger partial charge in [0.2, 0.25) is 5.91 Å². The topological polar surface area (TPSA) is 88.2 Å². The number of nitrogens with one attached hydrogen (secondary N) is 1. The van der Waals surface area contributed by atoms with Crippen LogP contribution in [0, 0.1) is 0 Å². The number of benzene rings is 2. The lowest BCUT2D eigenvalue weighted by molar-refractivity contribution is -0.140. The zero-order chi connectivity index (χ0) is 23.2. The zero-order valence-corrected chi connectivity index (χ0v) is 18.8. The summed E-state index contributed by atoms with van der Waals surface area (Å²) in [7, 11) is 3.17. The summed E-state index contributed by atoms with van der Waals surface area (Å²) in [6.45, 7) is 0.641. The summed E-state index contributed by atoms with van der Waals surface area (Å²) in [4.78, 5) is 42.2. The summed E-state index contributed by atoms with van der Waals surface area (Å²) < 4.78 is 10.8. The summed E-state index contributed by atoms with van der Waals surface area (Å²) in [6.07, 6.45) is 2.89. The summed E-state index contributed by atoms with van der Waals surface area (Å²) in [5.41, 5.74) is 2.93. The summed E-state index contributed by atoms with van der Waals surface area (Å²) in [5.74, 6) is 0.683. The number of urea groups is 1. The molecule has 1 spiro atoms. The number of carbonyl (C=O) groups is 3. The maximum absolute atomic E-state index is 13.5. The van der Waals surface area contributed by atoms with Crippen molar-refractivity contribution in [1.29, 1.82) is 0 Å². The van der Waals surface area contributed by atoms with Crippen molar-refractivity contribution in [2.24, 2.45) is 0 Å². The van der Waals surface area contributed by atoms with Gasteiger partial charge in [-0.2, -0.15) is 0 Å². The Balaban J connectivity index is 1.34. The van der Waals surface area contributed by atoms with Gasteiger partial charge in [0.05, 0.1) is 14.2 Å². The fourth-order valence-electron chi connectivity index (χ4n) is 5.29. The number of imide groups is 1. The third kappa shape index (κ3) is 3.41. The highest BCUT2D eigenvalue weighted by Crippen LogP contribution is 2.40. The molecule has 2 aromatic rings. The lowest BCUT2D eigenvalue weighted by Gasteiger charge is -2.33. The largest absolute Gasteiger partial charge is 0.493 e. The molecular formula is C25H27N3O5. The van der Waals surface area contributed by atoms with Crippen molar-refractivity contribution in [2.75, 3.05) is 27.3 Å². The van der Waals surface area contributed by atoms with Gasteiger partial charge in [-0.15, -0.1) is 0 Å². The minimum absolute atomic E-state index is 0.250. The molecule has 33 heavy (non-hydrogen) atoms. The van der Waals surface area contributed by atoms with E-state index in [4.69, 9.17) is 9.47 Å². The maximum atomic E-state index is 13.5. The smallest absolute Gasteiger partial charge is 0.325 e. The monoisotopic (exact) mass is 449 g/mol. The second-order valence-electron chi connectivity index (χ2n) is 8.78. The number of ether oxygens (including phenoxy) is 2. The molecule has 8 nitrogen and oxygen atoms in total. The van der Waals surface area contributed by atoms with E-state index in [0.29, 0.717) is 37.4 Å². The van der Waals surface area contributed by atoms with Crippen LogP contribution in [0.2, 0.25) is 0 Å². The number of rotatable bonds is 4. The van der Waals surface area contributed by atoms with Crippen molar-refractivity contribution >= 4 is 17.8 Å². The average molecular weight is 450 g/mol. The molecule has 0 radical (unpaired) electrons. The number of methoxy groups -OCH3 is 2. The molecular weight excluding hydrogens is 422 g/mol. The Labute approximate surface area is 192 Å². The molecule has 8 heteroatoms. The first-order valence-electron chi connectivity index (χ1n) is 11.2. The van der Waals surface area contributed by atoms with Gasteiger partial charge in [0.1, 0.15) is 12.1 Å². The fraction of sp³-hybridized carbons (Fsp3) is 0.400. The van der Waals surface area contributed by atoms with Crippen LogP contribution in [0.15, 0.2) is 36.4 Å². The number of hydrogen-bond donors (Lipinski definition) is 1. The summed E-state index contributed by atoms with van der Waals surface area (Å²) in [6, 6.07) is 11.0. The van der Waals surface area contributed by atoms with Crippen molar-refractivity contribution in [2.45, 2.75) is 37.8 Å². The summed E-state index contributed by atoms with van der Waals surface area (Å²) in [5, 5.41) is 2.91. The van der Waals surface area contributed by atoms with Gasteiger partial charge in [-0.05, 0) is 60.1 Å². The SMILES string of the molecule is COc1cc2c(cc1OC)CN(C(=O)CN1C(=O)N[C@]3(CCCc4ccccc43)C1=O)CC2. The van der Waals surface area contributed by atoms with Crippen LogP contribution in [0.5, 0.6) is 11.5 Å². The van der Waals surface area contributed by atoms with Crippen LogP contribution < -0.4 is 14.8 Å². The molecule has 5 rings (SSSR count). The van der Waals surface area contributed by atoms with E-state index in [1.54, 1.807) is 19.1 Å². The Bertz CT molecular complexity index is 1150. The van der Waals surface area contributed by atoms with Crippen LogP contribution in [-0.2, 0) is 34.5 Å². The van der Waals surface area contributed by atoms with Crippen molar-refractivity contribution in [3.05, 3.63) is 58.7 Å². The molecule has 1 N–H and O–H groups in total. The highest BCUT2D eigenvalue weighted by atomic mass is 16.5. The fourth-order valence-corrected chi connectivity index (χ4v) is 5.29. The van der Waals surface area contributed by atoms with E-state index in [1.807, 2.05) is 36.4 Å². The lowest BCUT2D eigenvalue weighted by atomic mass is 9.76. The number of carbonyl (C=O) groups excluding carboxylic acids is 3. The molecule has 172 valence electrons. The normalized spacial score (nSPS) is 21.5. The Morgan fingerprint density at radius 2 is 1.76 bits per heavy atom. The predicted molar refractivity (Wildman–Crippen MR) is 120 cm³/mol. The van der Waals surface area contributed by atoms with Crippen LogP contribution >= 0.6 is 0 Å². The lowest BCUT2D eigenvalue weighted by Crippen LogP contribution is -2.48. The first-order chi connectivity index (χ1) is 16.0. The standard InChI is InChI=1S/C25H27N3O5/c1-32-20-12-17-9-11-27(14-18(17)13-21(20)33-2)22(29)15-28-23(30)25(26-24(28)31)10-5-7-16-6-3-4-8-19(16)25/h3-4,6,8,12-13H,5,7,9-11,14-15H2,1-2H3,(H,26,31)/t25-/m0/s1. The summed E-state index contributed by atoms with van der Waals surface area (Å²) >= 11 is 0. The molecule has 1 saturated heterocycles. The van der Waals surface area contributed by atoms with E-state index in [1.165, 1.54) is 0 Å². The van der Waals surface area contributed by atoms with Crippen LogP contribution in [-0.4, -0.2) is 55.0 Å². The zero-order valence-electron chi connectivity index (χ0n) is 18.8. The quantitative estimate of drug-likeness (QED) is 0.724. The van der Waals surface area contributed by atoms with Gasteiger partial charge in [0.25, 0.3) is 5.91 Å². The molecule has 2 aromatic carbocycles. The predicted octanol–water partition coefficient (Wildman–Crippen LogP) is 2.37. The third-order valence-electron chi connectivity index (χ3n) is 7.01. The van der Waals surface area contributed by atoms with Gasteiger partial charge >= 0.3 is 6.03 Å². The van der Waals surface area contributed by atoms with Crippen molar-refractivity contribution in [3.63, 3.8) is 0 Å². The molecule has 1 atom stereocenters. The van der Waals surface area contributed by atoms with E-state index >= 15 is 0 Å². The van der Waals surface area contributed by atoms with Crippen LogP contribution in [0.25, 0.3) is 0 Å². The first kappa shape index (κ1) is 21.3. The number of fused-ring (bicyclic) bond motifs is 3. The minimum Gasteiger partial charge on any atom is -0.493 e. The van der Waals surface area contributed by atoms with Crippen LogP contribution in [0.3, 0.4) is 0 Å². The van der Waals surface area contributed by atoms with Crippen LogP contribution in [0.4, 0.5) is 4.79 Å². The van der Waals surface area contributed by atoms with Gasteiger partial charge < -0.3 is 19.7 Å². The van der Waals surface area contributed by atoms with E-state index in [0.717, 1.165) is 40.0 Å². The van der Waals surface area contributed by atoms with Gasteiger partial charge in [-0.1, -0.05) is 24.3 Å². The van der Waals surface area contributed by atoms with Gasteiger partial charge in [-0.3, -0.25) is 14.5 Å². The van der Waals surface area contributed by atoms with Crippen molar-refractivity contribution in [1.82, 2.24) is 15.1 Å². The van der Waals surface area contributed by atoms with E-state index in [9.17, 15) is 14.4 Å². The second kappa shape index (κ2) is 8.10.